The fraction of sp³-hybridized carbons (Fsp3) is 0.263. The van der Waals surface area contributed by atoms with Gasteiger partial charge in [-0.2, -0.15) is 0 Å². The monoisotopic (exact) mass is 311 g/mol. The second kappa shape index (κ2) is 8.13. The van der Waals surface area contributed by atoms with Gasteiger partial charge in [-0.3, -0.25) is 4.79 Å². The van der Waals surface area contributed by atoms with Crippen molar-refractivity contribution in [3.8, 4) is 0 Å². The van der Waals surface area contributed by atoms with E-state index in [9.17, 15) is 9.59 Å². The molecule has 120 valence electrons. The molecular weight excluding hydrogens is 290 g/mol. The summed E-state index contributed by atoms with van der Waals surface area (Å²) < 4.78 is 5.29. The molecule has 0 saturated carbocycles. The summed E-state index contributed by atoms with van der Waals surface area (Å²) in [5, 5.41) is 2.80. The molecule has 0 spiro atoms. The average molecular weight is 311 g/mol. The van der Waals surface area contributed by atoms with E-state index < -0.39 is 5.97 Å². The number of benzene rings is 2. The van der Waals surface area contributed by atoms with Crippen LogP contribution in [0.5, 0.6) is 0 Å². The average Bonchev–Trinajstić information content (AvgIpc) is 2.53. The largest absolute Gasteiger partial charge is 0.457 e. The molecule has 0 saturated heterocycles. The Balaban J connectivity index is 1.95. The molecule has 0 aromatic heterocycles. The van der Waals surface area contributed by atoms with Crippen LogP contribution in [0.2, 0.25) is 0 Å². The van der Waals surface area contributed by atoms with Crippen LogP contribution in [-0.4, -0.2) is 11.9 Å². The van der Waals surface area contributed by atoms with Crippen molar-refractivity contribution >= 4 is 17.6 Å². The zero-order valence-corrected chi connectivity index (χ0v) is 13.4. The molecule has 0 unspecified atom stereocenters. The molecule has 0 aliphatic carbocycles. The first-order chi connectivity index (χ1) is 11.0. The van der Waals surface area contributed by atoms with E-state index in [-0.39, 0.29) is 18.4 Å². The summed E-state index contributed by atoms with van der Waals surface area (Å²) in [6, 6.07) is 16.3. The lowest BCUT2D eigenvalue weighted by atomic mass is 10.1. The molecule has 2 aromatic rings. The topological polar surface area (TPSA) is 55.4 Å². The highest BCUT2D eigenvalue weighted by Crippen LogP contribution is 2.14. The van der Waals surface area contributed by atoms with Crippen molar-refractivity contribution in [1.82, 2.24) is 0 Å². The number of hydrogen-bond acceptors (Lipinski definition) is 3. The highest BCUT2D eigenvalue weighted by molar-refractivity contribution is 5.94. The second-order valence-electron chi connectivity index (χ2n) is 5.79. The van der Waals surface area contributed by atoms with Gasteiger partial charge in [0, 0.05) is 12.1 Å². The first-order valence-electron chi connectivity index (χ1n) is 7.65. The summed E-state index contributed by atoms with van der Waals surface area (Å²) in [5.74, 6) is -0.183. The Kier molecular flexibility index (Phi) is 5.92. The fourth-order valence-corrected chi connectivity index (χ4v) is 2.11. The highest BCUT2D eigenvalue weighted by Gasteiger charge is 2.10. The Morgan fingerprint density at radius 2 is 1.78 bits per heavy atom. The van der Waals surface area contributed by atoms with Gasteiger partial charge in [0.05, 0.1) is 5.56 Å². The summed E-state index contributed by atoms with van der Waals surface area (Å²) in [6.45, 7) is 4.19. The Labute approximate surface area is 136 Å². The molecular formula is C19H21NO3. The third kappa shape index (κ3) is 5.58. The predicted octanol–water partition coefficient (Wildman–Crippen LogP) is 4.03. The molecule has 0 aliphatic rings. The van der Waals surface area contributed by atoms with Gasteiger partial charge in [-0.25, -0.2) is 4.79 Å². The Bertz CT molecular complexity index is 665. The number of amides is 1. The van der Waals surface area contributed by atoms with Crippen LogP contribution in [0.15, 0.2) is 54.6 Å². The van der Waals surface area contributed by atoms with Crippen LogP contribution < -0.4 is 5.32 Å². The third-order valence-corrected chi connectivity index (χ3v) is 3.19. The smallest absolute Gasteiger partial charge is 0.338 e. The summed E-state index contributed by atoms with van der Waals surface area (Å²) in [4.78, 5) is 23.9. The maximum atomic E-state index is 12.1. The van der Waals surface area contributed by atoms with Crippen LogP contribution in [0.3, 0.4) is 0 Å². The Morgan fingerprint density at radius 3 is 2.48 bits per heavy atom. The zero-order chi connectivity index (χ0) is 16.7. The minimum atomic E-state index is -0.409. The second-order valence-corrected chi connectivity index (χ2v) is 5.79. The van der Waals surface area contributed by atoms with Gasteiger partial charge in [-0.1, -0.05) is 50.2 Å². The van der Waals surface area contributed by atoms with Gasteiger partial charge >= 0.3 is 5.97 Å². The van der Waals surface area contributed by atoms with Crippen LogP contribution in [0, 0.1) is 5.92 Å². The first kappa shape index (κ1) is 16.7. The van der Waals surface area contributed by atoms with E-state index in [1.165, 1.54) is 0 Å². The van der Waals surface area contributed by atoms with Crippen LogP contribution in [0.25, 0.3) is 0 Å². The number of carbonyl (C=O) groups is 2. The predicted molar refractivity (Wildman–Crippen MR) is 90.1 cm³/mol. The van der Waals surface area contributed by atoms with Gasteiger partial charge in [0.2, 0.25) is 5.91 Å². The standard InChI is InChI=1S/C19H21NO3/c1-14(2)11-18(21)20-17-10-6-9-16(12-17)19(22)23-13-15-7-4-3-5-8-15/h3-10,12,14H,11,13H2,1-2H3,(H,20,21). The summed E-state index contributed by atoms with van der Waals surface area (Å²) >= 11 is 0. The van der Waals surface area contributed by atoms with E-state index in [1.807, 2.05) is 44.2 Å². The fourth-order valence-electron chi connectivity index (χ4n) is 2.11. The van der Waals surface area contributed by atoms with Gasteiger partial charge < -0.3 is 10.1 Å². The number of hydrogen-bond donors (Lipinski definition) is 1. The van der Waals surface area contributed by atoms with Crippen molar-refractivity contribution in [2.24, 2.45) is 5.92 Å². The maximum absolute atomic E-state index is 12.1. The number of ether oxygens (including phenoxy) is 1. The number of rotatable bonds is 6. The zero-order valence-electron chi connectivity index (χ0n) is 13.4. The van der Waals surface area contributed by atoms with E-state index in [0.717, 1.165) is 5.56 Å². The van der Waals surface area contributed by atoms with Gasteiger partial charge in [0.15, 0.2) is 0 Å². The minimum Gasteiger partial charge on any atom is -0.457 e. The number of esters is 1. The lowest BCUT2D eigenvalue weighted by Crippen LogP contribution is -2.14. The lowest BCUT2D eigenvalue weighted by molar-refractivity contribution is -0.116. The van der Waals surface area contributed by atoms with Crippen molar-refractivity contribution in [3.63, 3.8) is 0 Å². The van der Waals surface area contributed by atoms with E-state index in [0.29, 0.717) is 17.7 Å². The molecule has 1 amide bonds. The van der Waals surface area contributed by atoms with Crippen molar-refractivity contribution in [1.29, 1.82) is 0 Å². The molecule has 4 heteroatoms. The molecule has 4 nitrogen and oxygen atoms in total. The van der Waals surface area contributed by atoms with Gasteiger partial charge in [-0.15, -0.1) is 0 Å². The lowest BCUT2D eigenvalue weighted by Gasteiger charge is -2.09. The van der Waals surface area contributed by atoms with Crippen LogP contribution in [-0.2, 0) is 16.1 Å². The minimum absolute atomic E-state index is 0.0604. The molecule has 1 N–H and O–H groups in total. The van der Waals surface area contributed by atoms with Gasteiger partial charge in [-0.05, 0) is 29.7 Å². The molecule has 0 radical (unpaired) electrons. The molecule has 0 heterocycles. The SMILES string of the molecule is CC(C)CC(=O)Nc1cccc(C(=O)OCc2ccccc2)c1. The van der Waals surface area contributed by atoms with Crippen molar-refractivity contribution in [3.05, 3.63) is 65.7 Å². The molecule has 0 aliphatic heterocycles. The molecule has 0 fully saturated rings. The van der Waals surface area contributed by atoms with Crippen LogP contribution in [0.4, 0.5) is 5.69 Å². The summed E-state index contributed by atoms with van der Waals surface area (Å²) in [6.07, 6.45) is 0.447. The molecule has 0 bridgehead atoms. The molecule has 0 atom stereocenters. The van der Waals surface area contributed by atoms with Crippen molar-refractivity contribution in [2.45, 2.75) is 26.9 Å². The van der Waals surface area contributed by atoms with E-state index in [1.54, 1.807) is 24.3 Å². The summed E-state index contributed by atoms with van der Waals surface area (Å²) in [7, 11) is 0. The van der Waals surface area contributed by atoms with Crippen molar-refractivity contribution in [2.75, 3.05) is 5.32 Å². The quantitative estimate of drug-likeness (QED) is 0.820. The van der Waals surface area contributed by atoms with E-state index >= 15 is 0 Å². The maximum Gasteiger partial charge on any atom is 0.338 e. The van der Waals surface area contributed by atoms with Gasteiger partial charge in [0.25, 0.3) is 0 Å². The Hall–Kier alpha value is -2.62. The van der Waals surface area contributed by atoms with Crippen LogP contribution in [0.1, 0.15) is 36.2 Å². The molecule has 23 heavy (non-hydrogen) atoms. The van der Waals surface area contributed by atoms with Gasteiger partial charge in [0.1, 0.15) is 6.61 Å². The number of nitrogens with one attached hydrogen (secondary N) is 1. The van der Waals surface area contributed by atoms with E-state index in [2.05, 4.69) is 5.32 Å². The molecule has 2 aromatic carbocycles. The highest BCUT2D eigenvalue weighted by atomic mass is 16.5. The summed E-state index contributed by atoms with van der Waals surface area (Å²) in [5.41, 5.74) is 1.95. The van der Waals surface area contributed by atoms with Crippen LogP contribution >= 0.6 is 0 Å². The number of anilines is 1. The number of carbonyl (C=O) groups excluding carboxylic acids is 2. The Morgan fingerprint density at radius 1 is 1.04 bits per heavy atom. The third-order valence-electron chi connectivity index (χ3n) is 3.19. The van der Waals surface area contributed by atoms with Crippen molar-refractivity contribution < 1.29 is 14.3 Å². The molecule has 2 rings (SSSR count). The first-order valence-corrected chi connectivity index (χ1v) is 7.65. The normalized spacial score (nSPS) is 10.4. The van der Waals surface area contributed by atoms with E-state index in [4.69, 9.17) is 4.74 Å².